The molecule has 1 N–H and O–H groups in total. The van der Waals surface area contributed by atoms with Crippen molar-refractivity contribution in [3.63, 3.8) is 0 Å². The van der Waals surface area contributed by atoms with Crippen LogP contribution < -0.4 is 5.32 Å². The number of pyridine rings is 1. The lowest BCUT2D eigenvalue weighted by Crippen LogP contribution is -2.20. The minimum absolute atomic E-state index is 0.248. The van der Waals surface area contributed by atoms with Gasteiger partial charge < -0.3 is 5.32 Å². The maximum Gasteiger partial charge on any atom is 0.159 e. The zero-order valence-electron chi connectivity index (χ0n) is 9.46. The van der Waals surface area contributed by atoms with Crippen molar-refractivity contribution in [2.45, 2.75) is 19.9 Å². The molecule has 5 heteroatoms. The van der Waals surface area contributed by atoms with Crippen LogP contribution in [0.1, 0.15) is 25.5 Å². The third-order valence-corrected chi connectivity index (χ3v) is 2.43. The number of hydrogen-bond donors (Lipinski definition) is 1. The summed E-state index contributed by atoms with van der Waals surface area (Å²) in [6.07, 6.45) is 4.93. The molecule has 2 rings (SSSR count). The topological polar surface area (TPSA) is 55.6 Å². The van der Waals surface area contributed by atoms with E-state index in [1.807, 2.05) is 6.07 Å². The third-order valence-electron chi connectivity index (χ3n) is 2.43. The normalized spacial score (nSPS) is 12.6. The fourth-order valence-electron chi connectivity index (χ4n) is 1.67. The highest BCUT2D eigenvalue weighted by molar-refractivity contribution is 5.34. The number of aromatic nitrogens is 4. The Morgan fingerprint density at radius 2 is 2.38 bits per heavy atom. The van der Waals surface area contributed by atoms with Gasteiger partial charge in [-0.3, -0.25) is 0 Å². The molecule has 0 amide bonds. The van der Waals surface area contributed by atoms with E-state index in [9.17, 15) is 0 Å². The van der Waals surface area contributed by atoms with Crippen LogP contribution in [0.4, 0.5) is 0 Å². The van der Waals surface area contributed by atoms with Crippen LogP contribution in [0.5, 0.6) is 0 Å². The highest BCUT2D eigenvalue weighted by Crippen LogP contribution is 2.17. The van der Waals surface area contributed by atoms with E-state index >= 15 is 0 Å². The summed E-state index contributed by atoms with van der Waals surface area (Å²) in [6.45, 7) is 5.12. The van der Waals surface area contributed by atoms with Gasteiger partial charge in [0.1, 0.15) is 12.7 Å². The Balaban J connectivity index is 2.38. The van der Waals surface area contributed by atoms with E-state index in [-0.39, 0.29) is 6.04 Å². The maximum atomic E-state index is 4.34. The van der Waals surface area contributed by atoms with Crippen LogP contribution in [0.25, 0.3) is 5.82 Å². The smallest absolute Gasteiger partial charge is 0.159 e. The van der Waals surface area contributed by atoms with E-state index in [0.29, 0.717) is 0 Å². The van der Waals surface area contributed by atoms with Gasteiger partial charge in [-0.2, -0.15) is 5.10 Å². The minimum Gasteiger partial charge on any atom is -0.310 e. The van der Waals surface area contributed by atoms with E-state index in [2.05, 4.69) is 40.3 Å². The first-order valence-corrected chi connectivity index (χ1v) is 5.36. The van der Waals surface area contributed by atoms with Crippen LogP contribution in [0.2, 0.25) is 0 Å². The first-order valence-electron chi connectivity index (χ1n) is 5.36. The molecule has 0 saturated carbocycles. The Bertz CT molecular complexity index is 437. The average Bonchev–Trinajstić information content (AvgIpc) is 2.83. The van der Waals surface area contributed by atoms with Gasteiger partial charge >= 0.3 is 0 Å². The number of nitrogens with zero attached hydrogens (tertiary/aromatic N) is 4. The Morgan fingerprint density at radius 1 is 1.50 bits per heavy atom. The molecular weight excluding hydrogens is 202 g/mol. The van der Waals surface area contributed by atoms with Gasteiger partial charge in [0, 0.05) is 17.8 Å². The van der Waals surface area contributed by atoms with Gasteiger partial charge in [-0.25, -0.2) is 14.6 Å². The van der Waals surface area contributed by atoms with Crippen molar-refractivity contribution >= 4 is 0 Å². The van der Waals surface area contributed by atoms with Crippen LogP contribution in [0, 0.1) is 0 Å². The van der Waals surface area contributed by atoms with Crippen molar-refractivity contribution in [1.29, 1.82) is 0 Å². The lowest BCUT2D eigenvalue weighted by molar-refractivity contribution is 0.590. The predicted octanol–water partition coefficient (Wildman–Crippen LogP) is 1.33. The van der Waals surface area contributed by atoms with Gasteiger partial charge in [-0.15, -0.1) is 0 Å². The Hall–Kier alpha value is -1.75. The summed E-state index contributed by atoms with van der Waals surface area (Å²) >= 11 is 0. The van der Waals surface area contributed by atoms with Crippen molar-refractivity contribution in [3.8, 4) is 5.82 Å². The van der Waals surface area contributed by atoms with E-state index in [1.165, 1.54) is 6.33 Å². The van der Waals surface area contributed by atoms with Crippen LogP contribution >= 0.6 is 0 Å². The molecule has 0 aliphatic heterocycles. The molecule has 0 spiro atoms. The van der Waals surface area contributed by atoms with Crippen molar-refractivity contribution in [1.82, 2.24) is 25.1 Å². The van der Waals surface area contributed by atoms with Crippen molar-refractivity contribution in [2.75, 3.05) is 6.54 Å². The molecule has 0 saturated heterocycles. The summed E-state index contributed by atoms with van der Waals surface area (Å²) < 4.78 is 1.68. The molecule has 0 aliphatic rings. The molecule has 1 atom stereocenters. The number of hydrogen-bond acceptors (Lipinski definition) is 4. The van der Waals surface area contributed by atoms with Crippen LogP contribution in [-0.2, 0) is 0 Å². The zero-order valence-corrected chi connectivity index (χ0v) is 9.46. The monoisotopic (exact) mass is 217 g/mol. The highest BCUT2D eigenvalue weighted by atomic mass is 15.3. The first-order chi connectivity index (χ1) is 7.83. The Morgan fingerprint density at radius 3 is 3.06 bits per heavy atom. The zero-order chi connectivity index (χ0) is 11.4. The van der Waals surface area contributed by atoms with Crippen LogP contribution in [0.3, 0.4) is 0 Å². The molecule has 2 heterocycles. The summed E-state index contributed by atoms with van der Waals surface area (Å²) in [4.78, 5) is 8.28. The molecule has 0 fully saturated rings. The molecule has 2 aromatic heterocycles. The Kier molecular flexibility index (Phi) is 3.26. The molecule has 1 unspecified atom stereocenters. The van der Waals surface area contributed by atoms with Gasteiger partial charge in [-0.1, -0.05) is 13.0 Å². The second kappa shape index (κ2) is 4.85. The van der Waals surface area contributed by atoms with Crippen LogP contribution in [-0.4, -0.2) is 26.3 Å². The molecule has 2 aromatic rings. The third kappa shape index (κ3) is 2.09. The largest absolute Gasteiger partial charge is 0.310 e. The van der Waals surface area contributed by atoms with Crippen LogP contribution in [0.15, 0.2) is 31.0 Å². The molecule has 5 nitrogen and oxygen atoms in total. The van der Waals surface area contributed by atoms with Crippen molar-refractivity contribution in [3.05, 3.63) is 36.5 Å². The Labute approximate surface area is 94.5 Å². The standard InChI is InChI=1S/C11H15N5/c1-3-13-9(2)10-5-4-6-14-11(10)16-8-12-7-15-16/h4-9,13H,3H2,1-2H3. The van der Waals surface area contributed by atoms with Gasteiger partial charge in [0.05, 0.1) is 0 Å². The number of nitrogens with one attached hydrogen (secondary N) is 1. The van der Waals surface area contributed by atoms with E-state index < -0.39 is 0 Å². The fourth-order valence-corrected chi connectivity index (χ4v) is 1.67. The SMILES string of the molecule is CCNC(C)c1cccnc1-n1cncn1. The fraction of sp³-hybridized carbons (Fsp3) is 0.364. The summed E-state index contributed by atoms with van der Waals surface area (Å²) in [5.74, 6) is 0.827. The van der Waals surface area contributed by atoms with E-state index in [1.54, 1.807) is 17.2 Å². The first kappa shape index (κ1) is 10.8. The van der Waals surface area contributed by atoms with Crippen molar-refractivity contribution < 1.29 is 0 Å². The van der Waals surface area contributed by atoms with E-state index in [0.717, 1.165) is 17.9 Å². The molecular formula is C11H15N5. The summed E-state index contributed by atoms with van der Waals surface area (Å²) in [5, 5.41) is 7.47. The average molecular weight is 217 g/mol. The second-order valence-electron chi connectivity index (χ2n) is 3.54. The highest BCUT2D eigenvalue weighted by Gasteiger charge is 2.11. The maximum absolute atomic E-state index is 4.34. The quantitative estimate of drug-likeness (QED) is 0.839. The van der Waals surface area contributed by atoms with Gasteiger partial charge in [0.15, 0.2) is 5.82 Å². The molecule has 84 valence electrons. The lowest BCUT2D eigenvalue weighted by Gasteiger charge is -2.15. The molecule has 0 aliphatic carbocycles. The summed E-state index contributed by atoms with van der Waals surface area (Å²) in [6, 6.07) is 4.24. The number of rotatable bonds is 4. The predicted molar refractivity (Wildman–Crippen MR) is 61.2 cm³/mol. The molecule has 0 radical (unpaired) electrons. The molecule has 0 aromatic carbocycles. The van der Waals surface area contributed by atoms with E-state index in [4.69, 9.17) is 0 Å². The molecule has 0 bridgehead atoms. The lowest BCUT2D eigenvalue weighted by atomic mass is 10.1. The van der Waals surface area contributed by atoms with Gasteiger partial charge in [0.2, 0.25) is 0 Å². The summed E-state index contributed by atoms with van der Waals surface area (Å²) in [5.41, 5.74) is 1.12. The van der Waals surface area contributed by atoms with Gasteiger partial charge in [0.25, 0.3) is 0 Å². The van der Waals surface area contributed by atoms with Gasteiger partial charge in [-0.05, 0) is 19.5 Å². The second-order valence-corrected chi connectivity index (χ2v) is 3.54. The molecule has 16 heavy (non-hydrogen) atoms. The minimum atomic E-state index is 0.248. The van der Waals surface area contributed by atoms with Crippen molar-refractivity contribution in [2.24, 2.45) is 0 Å². The summed E-state index contributed by atoms with van der Waals surface area (Å²) in [7, 11) is 0.